The monoisotopic (exact) mass is 221 g/mol. The summed E-state index contributed by atoms with van der Waals surface area (Å²) in [6, 6.07) is 4.09. The van der Waals surface area contributed by atoms with Crippen LogP contribution in [0.15, 0.2) is 18.3 Å². The standard InChI is InChI=1S/C12H19N3O/c1-4-9(2)14-8-12(16)15-11-6-5-10(3)13-7-11/h5-7,9,14H,4,8H2,1-3H3,(H,15,16). The van der Waals surface area contributed by atoms with Crippen molar-refractivity contribution in [1.29, 1.82) is 0 Å². The third kappa shape index (κ3) is 4.40. The highest BCUT2D eigenvalue weighted by atomic mass is 16.1. The number of pyridine rings is 1. The molecule has 0 aliphatic heterocycles. The van der Waals surface area contributed by atoms with Crippen molar-refractivity contribution in [1.82, 2.24) is 10.3 Å². The van der Waals surface area contributed by atoms with Gasteiger partial charge in [-0.25, -0.2) is 0 Å². The van der Waals surface area contributed by atoms with Gasteiger partial charge in [0, 0.05) is 11.7 Å². The van der Waals surface area contributed by atoms with Gasteiger partial charge < -0.3 is 10.6 Å². The minimum absolute atomic E-state index is 0.0362. The summed E-state index contributed by atoms with van der Waals surface area (Å²) in [7, 11) is 0. The Labute approximate surface area is 96.5 Å². The zero-order chi connectivity index (χ0) is 12.0. The number of aryl methyl sites for hydroxylation is 1. The molecule has 16 heavy (non-hydrogen) atoms. The first-order chi connectivity index (χ1) is 7.61. The molecule has 4 heteroatoms. The van der Waals surface area contributed by atoms with Gasteiger partial charge >= 0.3 is 0 Å². The van der Waals surface area contributed by atoms with E-state index in [2.05, 4.69) is 29.5 Å². The van der Waals surface area contributed by atoms with Gasteiger partial charge in [0.2, 0.25) is 5.91 Å². The van der Waals surface area contributed by atoms with E-state index in [0.29, 0.717) is 12.6 Å². The summed E-state index contributed by atoms with van der Waals surface area (Å²) in [6.45, 7) is 6.39. The minimum Gasteiger partial charge on any atom is -0.324 e. The number of carbonyl (C=O) groups is 1. The van der Waals surface area contributed by atoms with Crippen LogP contribution in [0.5, 0.6) is 0 Å². The van der Waals surface area contributed by atoms with E-state index < -0.39 is 0 Å². The van der Waals surface area contributed by atoms with Gasteiger partial charge in [-0.3, -0.25) is 9.78 Å². The maximum Gasteiger partial charge on any atom is 0.238 e. The van der Waals surface area contributed by atoms with Crippen molar-refractivity contribution < 1.29 is 4.79 Å². The maximum atomic E-state index is 11.5. The van der Waals surface area contributed by atoms with Crippen LogP contribution in [0.4, 0.5) is 5.69 Å². The van der Waals surface area contributed by atoms with Crippen LogP contribution in [-0.2, 0) is 4.79 Å². The average Bonchev–Trinajstić information content (AvgIpc) is 2.29. The highest BCUT2D eigenvalue weighted by Crippen LogP contribution is 2.04. The van der Waals surface area contributed by atoms with Crippen molar-refractivity contribution in [3.8, 4) is 0 Å². The lowest BCUT2D eigenvalue weighted by Gasteiger charge is -2.11. The molecule has 1 atom stereocenters. The molecule has 0 spiro atoms. The van der Waals surface area contributed by atoms with Gasteiger partial charge in [0.05, 0.1) is 18.4 Å². The van der Waals surface area contributed by atoms with E-state index in [1.165, 1.54) is 0 Å². The summed E-state index contributed by atoms with van der Waals surface area (Å²) in [4.78, 5) is 15.6. The van der Waals surface area contributed by atoms with Crippen LogP contribution in [0.25, 0.3) is 0 Å². The highest BCUT2D eigenvalue weighted by molar-refractivity contribution is 5.92. The van der Waals surface area contributed by atoms with E-state index in [9.17, 15) is 4.79 Å². The molecule has 1 aromatic rings. The summed E-state index contributed by atoms with van der Waals surface area (Å²) >= 11 is 0. The SMILES string of the molecule is CCC(C)NCC(=O)Nc1ccc(C)nc1. The van der Waals surface area contributed by atoms with E-state index in [-0.39, 0.29) is 5.91 Å². The molecule has 1 amide bonds. The zero-order valence-corrected chi connectivity index (χ0v) is 10.1. The van der Waals surface area contributed by atoms with Crippen LogP contribution in [0.2, 0.25) is 0 Å². The third-order valence-corrected chi connectivity index (χ3v) is 2.42. The number of hydrogen-bond acceptors (Lipinski definition) is 3. The van der Waals surface area contributed by atoms with Crippen LogP contribution >= 0.6 is 0 Å². The van der Waals surface area contributed by atoms with Crippen molar-refractivity contribution >= 4 is 11.6 Å². The second-order valence-corrected chi connectivity index (χ2v) is 3.93. The minimum atomic E-state index is -0.0362. The fraction of sp³-hybridized carbons (Fsp3) is 0.500. The van der Waals surface area contributed by atoms with E-state index in [1.807, 2.05) is 19.1 Å². The Morgan fingerprint density at radius 2 is 2.25 bits per heavy atom. The number of carbonyl (C=O) groups excluding carboxylic acids is 1. The highest BCUT2D eigenvalue weighted by Gasteiger charge is 2.04. The topological polar surface area (TPSA) is 54.0 Å². The molecule has 88 valence electrons. The summed E-state index contributed by atoms with van der Waals surface area (Å²) in [5.41, 5.74) is 1.68. The molecule has 0 radical (unpaired) electrons. The van der Waals surface area contributed by atoms with Crippen molar-refractivity contribution in [2.45, 2.75) is 33.2 Å². The van der Waals surface area contributed by atoms with E-state index in [4.69, 9.17) is 0 Å². The molecule has 1 unspecified atom stereocenters. The molecule has 1 rings (SSSR count). The first-order valence-electron chi connectivity index (χ1n) is 5.57. The number of nitrogens with one attached hydrogen (secondary N) is 2. The Kier molecular flexibility index (Phi) is 4.92. The molecule has 0 saturated heterocycles. The number of amides is 1. The Morgan fingerprint density at radius 3 is 2.81 bits per heavy atom. The number of rotatable bonds is 5. The molecule has 0 fully saturated rings. The quantitative estimate of drug-likeness (QED) is 0.796. The Hall–Kier alpha value is -1.42. The molecule has 0 aliphatic carbocycles. The number of nitrogens with zero attached hydrogens (tertiary/aromatic N) is 1. The molecule has 0 aliphatic rings. The summed E-state index contributed by atoms with van der Waals surface area (Å²) in [5, 5.41) is 5.92. The van der Waals surface area contributed by atoms with Crippen molar-refractivity contribution in [2.75, 3.05) is 11.9 Å². The van der Waals surface area contributed by atoms with Crippen molar-refractivity contribution in [3.63, 3.8) is 0 Å². The van der Waals surface area contributed by atoms with Gasteiger partial charge in [-0.05, 0) is 32.4 Å². The van der Waals surface area contributed by atoms with Crippen LogP contribution in [0.1, 0.15) is 26.0 Å². The molecule has 0 aromatic carbocycles. The zero-order valence-electron chi connectivity index (χ0n) is 10.1. The van der Waals surface area contributed by atoms with Gasteiger partial charge in [-0.15, -0.1) is 0 Å². The lowest BCUT2D eigenvalue weighted by Crippen LogP contribution is -2.33. The van der Waals surface area contributed by atoms with Crippen LogP contribution in [-0.4, -0.2) is 23.5 Å². The average molecular weight is 221 g/mol. The predicted octanol–water partition coefficient (Wildman–Crippen LogP) is 1.72. The lowest BCUT2D eigenvalue weighted by atomic mass is 10.2. The van der Waals surface area contributed by atoms with Crippen molar-refractivity contribution in [2.24, 2.45) is 0 Å². The van der Waals surface area contributed by atoms with Gasteiger partial charge in [0.1, 0.15) is 0 Å². The Morgan fingerprint density at radius 1 is 1.50 bits per heavy atom. The lowest BCUT2D eigenvalue weighted by molar-refractivity contribution is -0.115. The molecule has 1 aromatic heterocycles. The van der Waals surface area contributed by atoms with Gasteiger partial charge in [-0.1, -0.05) is 6.92 Å². The maximum absolute atomic E-state index is 11.5. The van der Waals surface area contributed by atoms with Gasteiger partial charge in [0.15, 0.2) is 0 Å². The van der Waals surface area contributed by atoms with Crippen molar-refractivity contribution in [3.05, 3.63) is 24.0 Å². The Bertz CT molecular complexity index is 335. The number of aromatic nitrogens is 1. The molecule has 0 bridgehead atoms. The predicted molar refractivity (Wildman–Crippen MR) is 65.4 cm³/mol. The molecule has 2 N–H and O–H groups in total. The molecular formula is C12H19N3O. The first kappa shape index (κ1) is 12.6. The molecule has 1 heterocycles. The second-order valence-electron chi connectivity index (χ2n) is 3.93. The normalized spacial score (nSPS) is 12.2. The Balaban J connectivity index is 2.37. The molecular weight excluding hydrogens is 202 g/mol. The molecule has 0 saturated carbocycles. The summed E-state index contributed by atoms with van der Waals surface area (Å²) < 4.78 is 0. The number of anilines is 1. The van der Waals surface area contributed by atoms with Gasteiger partial charge in [-0.2, -0.15) is 0 Å². The first-order valence-corrected chi connectivity index (χ1v) is 5.57. The van der Waals surface area contributed by atoms with Crippen LogP contribution in [0.3, 0.4) is 0 Å². The van der Waals surface area contributed by atoms with E-state index in [1.54, 1.807) is 6.20 Å². The summed E-state index contributed by atoms with van der Waals surface area (Å²) in [5.74, 6) is -0.0362. The van der Waals surface area contributed by atoms with E-state index in [0.717, 1.165) is 17.8 Å². The number of hydrogen-bond donors (Lipinski definition) is 2. The van der Waals surface area contributed by atoms with Crippen LogP contribution < -0.4 is 10.6 Å². The molecule has 4 nitrogen and oxygen atoms in total. The van der Waals surface area contributed by atoms with Crippen LogP contribution in [0, 0.1) is 6.92 Å². The third-order valence-electron chi connectivity index (χ3n) is 2.42. The fourth-order valence-electron chi connectivity index (χ4n) is 1.16. The summed E-state index contributed by atoms with van der Waals surface area (Å²) in [6.07, 6.45) is 2.68. The second kappa shape index (κ2) is 6.23. The smallest absolute Gasteiger partial charge is 0.238 e. The largest absolute Gasteiger partial charge is 0.324 e. The van der Waals surface area contributed by atoms with Gasteiger partial charge in [0.25, 0.3) is 0 Å². The fourth-order valence-corrected chi connectivity index (χ4v) is 1.16. The van der Waals surface area contributed by atoms with E-state index >= 15 is 0 Å².